The standard InChI is InChI=1S/C20H20ClN5O2S2/c21-14-2-1-3-16(12-14)23-19-24-25-20(30-19)29-13-18(27)22-15-4-6-17(7-5-15)26-8-10-28-11-9-26/h1-7,12H,8-11,13H2,(H,22,27)(H,23,24). The van der Waals surface area contributed by atoms with E-state index in [-0.39, 0.29) is 11.7 Å². The Kier molecular flexibility index (Phi) is 7.06. The Morgan fingerprint density at radius 2 is 1.93 bits per heavy atom. The Balaban J connectivity index is 1.25. The van der Waals surface area contributed by atoms with Gasteiger partial charge in [-0.15, -0.1) is 10.2 Å². The van der Waals surface area contributed by atoms with Crippen LogP contribution >= 0.6 is 34.7 Å². The molecular weight excluding hydrogens is 442 g/mol. The number of rotatable bonds is 7. The number of aromatic nitrogens is 2. The maximum atomic E-state index is 12.3. The number of hydrogen-bond donors (Lipinski definition) is 2. The summed E-state index contributed by atoms with van der Waals surface area (Å²) < 4.78 is 6.10. The highest BCUT2D eigenvalue weighted by Crippen LogP contribution is 2.28. The molecule has 2 aromatic carbocycles. The van der Waals surface area contributed by atoms with Crippen molar-refractivity contribution < 1.29 is 9.53 Å². The molecular formula is C20H20ClN5O2S2. The van der Waals surface area contributed by atoms with Crippen molar-refractivity contribution in [2.24, 2.45) is 0 Å². The van der Waals surface area contributed by atoms with Crippen LogP contribution in [0.15, 0.2) is 52.9 Å². The monoisotopic (exact) mass is 461 g/mol. The normalized spacial score (nSPS) is 13.8. The highest BCUT2D eigenvalue weighted by molar-refractivity contribution is 8.01. The van der Waals surface area contributed by atoms with Crippen LogP contribution in [0.2, 0.25) is 5.02 Å². The van der Waals surface area contributed by atoms with Crippen LogP contribution < -0.4 is 15.5 Å². The number of nitrogens with one attached hydrogen (secondary N) is 2. The van der Waals surface area contributed by atoms with E-state index in [1.54, 1.807) is 0 Å². The summed E-state index contributed by atoms with van der Waals surface area (Å²) in [6.07, 6.45) is 0. The Morgan fingerprint density at radius 3 is 2.70 bits per heavy atom. The largest absolute Gasteiger partial charge is 0.378 e. The molecule has 1 saturated heterocycles. The first-order chi connectivity index (χ1) is 14.7. The number of anilines is 4. The van der Waals surface area contributed by atoms with Gasteiger partial charge in [0.2, 0.25) is 11.0 Å². The molecule has 2 N–H and O–H groups in total. The summed E-state index contributed by atoms with van der Waals surface area (Å²) in [5, 5.41) is 15.6. The van der Waals surface area contributed by atoms with E-state index < -0.39 is 0 Å². The van der Waals surface area contributed by atoms with Crippen LogP contribution in [0, 0.1) is 0 Å². The number of carbonyl (C=O) groups excluding carboxylic acids is 1. The molecule has 156 valence electrons. The van der Waals surface area contributed by atoms with Crippen LogP contribution in [0.25, 0.3) is 0 Å². The third-order valence-corrected chi connectivity index (χ3v) is 6.54. The predicted octanol–water partition coefficient (Wildman–Crippen LogP) is 4.50. The van der Waals surface area contributed by atoms with Crippen LogP contribution in [-0.2, 0) is 9.53 Å². The van der Waals surface area contributed by atoms with E-state index >= 15 is 0 Å². The quantitative estimate of drug-likeness (QED) is 0.501. The van der Waals surface area contributed by atoms with E-state index in [2.05, 4.69) is 25.7 Å². The second kappa shape index (κ2) is 10.1. The molecule has 1 aliphatic rings. The zero-order valence-corrected chi connectivity index (χ0v) is 18.4. The number of carbonyl (C=O) groups is 1. The highest BCUT2D eigenvalue weighted by atomic mass is 35.5. The lowest BCUT2D eigenvalue weighted by Gasteiger charge is -2.28. The summed E-state index contributed by atoms with van der Waals surface area (Å²) in [4.78, 5) is 14.5. The molecule has 4 rings (SSSR count). The van der Waals surface area contributed by atoms with Gasteiger partial charge in [0.25, 0.3) is 0 Å². The Labute approximate surface area is 187 Å². The van der Waals surface area contributed by atoms with Crippen molar-refractivity contribution in [3.05, 3.63) is 53.6 Å². The maximum Gasteiger partial charge on any atom is 0.234 e. The molecule has 0 radical (unpaired) electrons. The zero-order valence-electron chi connectivity index (χ0n) is 16.0. The summed E-state index contributed by atoms with van der Waals surface area (Å²) in [7, 11) is 0. The molecule has 0 bridgehead atoms. The molecule has 0 atom stereocenters. The van der Waals surface area contributed by atoms with E-state index in [4.69, 9.17) is 16.3 Å². The average Bonchev–Trinajstić information content (AvgIpc) is 3.21. The first-order valence-corrected chi connectivity index (χ1v) is 11.6. The number of ether oxygens (including phenoxy) is 1. The fourth-order valence-corrected chi connectivity index (χ4v) is 4.67. The third kappa shape index (κ3) is 5.85. The lowest BCUT2D eigenvalue weighted by molar-refractivity contribution is -0.113. The van der Waals surface area contributed by atoms with Gasteiger partial charge in [-0.05, 0) is 42.5 Å². The molecule has 1 aliphatic heterocycles. The maximum absolute atomic E-state index is 12.3. The number of halogens is 1. The summed E-state index contributed by atoms with van der Waals surface area (Å²) in [5.41, 5.74) is 2.76. The van der Waals surface area contributed by atoms with E-state index in [1.165, 1.54) is 23.1 Å². The minimum atomic E-state index is -0.0846. The van der Waals surface area contributed by atoms with Crippen LogP contribution in [0.1, 0.15) is 0 Å². The van der Waals surface area contributed by atoms with Gasteiger partial charge in [0.1, 0.15) is 0 Å². The summed E-state index contributed by atoms with van der Waals surface area (Å²) in [5.74, 6) is 0.176. The van der Waals surface area contributed by atoms with E-state index in [0.29, 0.717) is 10.2 Å². The van der Waals surface area contributed by atoms with Crippen LogP contribution in [0.3, 0.4) is 0 Å². The molecule has 0 unspecified atom stereocenters. The molecule has 1 aromatic heterocycles. The minimum absolute atomic E-state index is 0.0846. The molecule has 7 nitrogen and oxygen atoms in total. The molecule has 0 aliphatic carbocycles. The number of nitrogens with zero attached hydrogens (tertiary/aromatic N) is 3. The lowest BCUT2D eigenvalue weighted by atomic mass is 10.2. The fourth-order valence-electron chi connectivity index (χ4n) is 2.91. The molecule has 2 heterocycles. The van der Waals surface area contributed by atoms with Gasteiger partial charge in [0.05, 0.1) is 19.0 Å². The molecule has 30 heavy (non-hydrogen) atoms. The van der Waals surface area contributed by atoms with Gasteiger partial charge in [-0.3, -0.25) is 4.79 Å². The first-order valence-electron chi connectivity index (χ1n) is 9.37. The SMILES string of the molecule is O=C(CSc1nnc(Nc2cccc(Cl)c2)s1)Nc1ccc(N2CCOCC2)cc1. The predicted molar refractivity (Wildman–Crippen MR) is 123 cm³/mol. The van der Waals surface area contributed by atoms with Crippen molar-refractivity contribution >= 4 is 62.8 Å². The van der Waals surface area contributed by atoms with Crippen molar-refractivity contribution in [1.82, 2.24) is 10.2 Å². The second-order valence-electron chi connectivity index (χ2n) is 6.49. The number of benzene rings is 2. The summed E-state index contributed by atoms with van der Waals surface area (Å²) in [6, 6.07) is 15.3. The van der Waals surface area contributed by atoms with Gasteiger partial charge in [-0.2, -0.15) is 0 Å². The number of hydrogen-bond acceptors (Lipinski definition) is 8. The van der Waals surface area contributed by atoms with Crippen LogP contribution in [0.4, 0.5) is 22.2 Å². The van der Waals surface area contributed by atoms with Crippen molar-refractivity contribution in [2.45, 2.75) is 4.34 Å². The summed E-state index contributed by atoms with van der Waals surface area (Å²) in [6.45, 7) is 3.27. The summed E-state index contributed by atoms with van der Waals surface area (Å²) >= 11 is 8.73. The van der Waals surface area contributed by atoms with Crippen molar-refractivity contribution in [3.8, 4) is 0 Å². The molecule has 0 saturated carbocycles. The molecule has 10 heteroatoms. The Bertz CT molecular complexity index is 993. The van der Waals surface area contributed by atoms with Crippen molar-refractivity contribution in [2.75, 3.05) is 47.6 Å². The van der Waals surface area contributed by atoms with Crippen molar-refractivity contribution in [3.63, 3.8) is 0 Å². The topological polar surface area (TPSA) is 79.4 Å². The molecule has 1 amide bonds. The second-order valence-corrected chi connectivity index (χ2v) is 9.13. The van der Waals surface area contributed by atoms with Gasteiger partial charge in [-0.1, -0.05) is 40.8 Å². The van der Waals surface area contributed by atoms with Gasteiger partial charge in [0, 0.05) is 35.2 Å². The third-order valence-electron chi connectivity index (χ3n) is 4.34. The van der Waals surface area contributed by atoms with E-state index in [9.17, 15) is 4.79 Å². The number of morpholine rings is 1. The number of thioether (sulfide) groups is 1. The first kappa shape index (κ1) is 20.9. The van der Waals surface area contributed by atoms with Crippen LogP contribution in [-0.4, -0.2) is 48.2 Å². The number of amides is 1. The molecule has 3 aromatic rings. The molecule has 1 fully saturated rings. The highest BCUT2D eigenvalue weighted by Gasteiger charge is 2.12. The van der Waals surface area contributed by atoms with Gasteiger partial charge >= 0.3 is 0 Å². The minimum Gasteiger partial charge on any atom is -0.378 e. The van der Waals surface area contributed by atoms with Gasteiger partial charge < -0.3 is 20.3 Å². The van der Waals surface area contributed by atoms with Crippen molar-refractivity contribution in [1.29, 1.82) is 0 Å². The van der Waals surface area contributed by atoms with Gasteiger partial charge in [0.15, 0.2) is 4.34 Å². The smallest absolute Gasteiger partial charge is 0.234 e. The van der Waals surface area contributed by atoms with Crippen LogP contribution in [0.5, 0.6) is 0 Å². The Hall–Kier alpha value is -2.33. The lowest BCUT2D eigenvalue weighted by Crippen LogP contribution is -2.36. The zero-order chi connectivity index (χ0) is 20.8. The fraction of sp³-hybridized carbons (Fsp3) is 0.250. The Morgan fingerprint density at radius 1 is 1.13 bits per heavy atom. The van der Waals surface area contributed by atoms with E-state index in [0.717, 1.165) is 47.7 Å². The van der Waals surface area contributed by atoms with Gasteiger partial charge in [-0.25, -0.2) is 0 Å². The molecule has 0 spiro atoms. The average molecular weight is 462 g/mol. The van der Waals surface area contributed by atoms with E-state index in [1.807, 2.05) is 48.5 Å².